The summed E-state index contributed by atoms with van der Waals surface area (Å²) >= 11 is 2.11. The Kier molecular flexibility index (Phi) is 5.80. The standard InChI is InChI=1S/C21H26OS/c22-15-12-19-10-8-18(9-11-19)5-4-13-21(14-16-23-17-21)20-6-2-1-3-7-20/h1-3,6-11,22H,4-5,12-17H2. The molecule has 0 spiro atoms. The Balaban J connectivity index is 1.59. The molecule has 0 bridgehead atoms. The highest BCUT2D eigenvalue weighted by atomic mass is 32.2. The Morgan fingerprint density at radius 3 is 2.22 bits per heavy atom. The van der Waals surface area contributed by atoms with Crippen LogP contribution in [0.25, 0.3) is 0 Å². The molecule has 2 heteroatoms. The van der Waals surface area contributed by atoms with Gasteiger partial charge < -0.3 is 5.11 Å². The molecule has 1 atom stereocenters. The SMILES string of the molecule is OCCc1ccc(CCCC2(c3ccccc3)CCSC2)cc1. The molecule has 0 aliphatic carbocycles. The van der Waals surface area contributed by atoms with Gasteiger partial charge in [-0.3, -0.25) is 0 Å². The minimum absolute atomic E-state index is 0.233. The van der Waals surface area contributed by atoms with Crippen molar-refractivity contribution in [2.24, 2.45) is 0 Å². The zero-order valence-electron chi connectivity index (χ0n) is 13.7. The molecule has 23 heavy (non-hydrogen) atoms. The van der Waals surface area contributed by atoms with E-state index in [0.717, 1.165) is 12.8 Å². The summed E-state index contributed by atoms with van der Waals surface area (Å²) < 4.78 is 0. The first-order valence-electron chi connectivity index (χ1n) is 8.64. The number of aryl methyl sites for hydroxylation is 1. The van der Waals surface area contributed by atoms with E-state index in [2.05, 4.69) is 66.4 Å². The summed E-state index contributed by atoms with van der Waals surface area (Å²) in [6.07, 6.45) is 5.75. The summed E-state index contributed by atoms with van der Waals surface area (Å²) in [4.78, 5) is 0. The van der Waals surface area contributed by atoms with Gasteiger partial charge in [-0.05, 0) is 54.5 Å². The predicted molar refractivity (Wildman–Crippen MR) is 100 cm³/mol. The van der Waals surface area contributed by atoms with E-state index in [-0.39, 0.29) is 6.61 Å². The van der Waals surface area contributed by atoms with E-state index in [9.17, 15) is 0 Å². The lowest BCUT2D eigenvalue weighted by atomic mass is 9.76. The van der Waals surface area contributed by atoms with Crippen LogP contribution in [-0.2, 0) is 18.3 Å². The van der Waals surface area contributed by atoms with Crippen molar-refractivity contribution in [3.63, 3.8) is 0 Å². The Hall–Kier alpha value is -1.25. The molecule has 0 amide bonds. The average Bonchev–Trinajstić information content (AvgIpc) is 3.08. The van der Waals surface area contributed by atoms with Crippen LogP contribution in [0.3, 0.4) is 0 Å². The molecule has 122 valence electrons. The Labute approximate surface area is 144 Å². The fraction of sp³-hybridized carbons (Fsp3) is 0.429. The molecule has 1 heterocycles. The number of rotatable bonds is 7. The van der Waals surface area contributed by atoms with Gasteiger partial charge >= 0.3 is 0 Å². The van der Waals surface area contributed by atoms with E-state index >= 15 is 0 Å². The summed E-state index contributed by atoms with van der Waals surface area (Å²) in [5.41, 5.74) is 4.57. The predicted octanol–water partition coefficient (Wildman–Crippen LogP) is 4.62. The molecule has 2 aromatic carbocycles. The van der Waals surface area contributed by atoms with Crippen molar-refractivity contribution < 1.29 is 5.11 Å². The fourth-order valence-corrected chi connectivity index (χ4v) is 5.13. The van der Waals surface area contributed by atoms with Gasteiger partial charge in [0.1, 0.15) is 0 Å². The number of aliphatic hydroxyl groups is 1. The smallest absolute Gasteiger partial charge is 0.0471 e. The van der Waals surface area contributed by atoms with E-state index in [1.165, 1.54) is 47.5 Å². The highest BCUT2D eigenvalue weighted by molar-refractivity contribution is 7.99. The molecule has 0 aromatic heterocycles. The van der Waals surface area contributed by atoms with E-state index in [0.29, 0.717) is 5.41 Å². The topological polar surface area (TPSA) is 20.2 Å². The van der Waals surface area contributed by atoms with Gasteiger partial charge in [0.2, 0.25) is 0 Å². The third kappa shape index (κ3) is 4.19. The van der Waals surface area contributed by atoms with Crippen LogP contribution in [0, 0.1) is 0 Å². The van der Waals surface area contributed by atoms with Crippen LogP contribution in [0.4, 0.5) is 0 Å². The zero-order chi connectivity index (χ0) is 16.0. The molecule has 1 fully saturated rings. The van der Waals surface area contributed by atoms with Gasteiger partial charge in [-0.15, -0.1) is 0 Å². The summed E-state index contributed by atoms with van der Waals surface area (Å²) in [6.45, 7) is 0.233. The quantitative estimate of drug-likeness (QED) is 0.801. The minimum Gasteiger partial charge on any atom is -0.396 e. The van der Waals surface area contributed by atoms with E-state index < -0.39 is 0 Å². The highest BCUT2D eigenvalue weighted by Crippen LogP contribution is 2.42. The Bertz CT molecular complexity index is 585. The first-order chi connectivity index (χ1) is 11.3. The summed E-state index contributed by atoms with van der Waals surface area (Å²) in [6, 6.07) is 19.9. The maximum atomic E-state index is 8.99. The monoisotopic (exact) mass is 326 g/mol. The van der Waals surface area contributed by atoms with Crippen molar-refractivity contribution in [1.82, 2.24) is 0 Å². The van der Waals surface area contributed by atoms with E-state index in [1.54, 1.807) is 0 Å². The molecule has 1 saturated heterocycles. The number of hydrogen-bond acceptors (Lipinski definition) is 2. The van der Waals surface area contributed by atoms with E-state index in [1.807, 2.05) is 0 Å². The van der Waals surface area contributed by atoms with Crippen LogP contribution in [0.15, 0.2) is 54.6 Å². The second-order valence-corrected chi connectivity index (χ2v) is 7.70. The molecule has 2 aromatic rings. The van der Waals surface area contributed by atoms with Crippen molar-refractivity contribution in [2.75, 3.05) is 18.1 Å². The normalized spacial score (nSPS) is 20.7. The molecule has 1 aliphatic heterocycles. The number of aliphatic hydroxyl groups excluding tert-OH is 1. The Morgan fingerprint density at radius 1 is 0.913 bits per heavy atom. The molecule has 0 saturated carbocycles. The molecule has 3 rings (SSSR count). The number of hydrogen-bond donors (Lipinski definition) is 1. The van der Waals surface area contributed by atoms with Crippen molar-refractivity contribution in [3.8, 4) is 0 Å². The van der Waals surface area contributed by atoms with Crippen molar-refractivity contribution in [1.29, 1.82) is 0 Å². The van der Waals surface area contributed by atoms with Gasteiger partial charge in [-0.1, -0.05) is 54.6 Å². The minimum atomic E-state index is 0.233. The summed E-state index contributed by atoms with van der Waals surface area (Å²) in [5, 5.41) is 8.99. The zero-order valence-corrected chi connectivity index (χ0v) is 14.5. The van der Waals surface area contributed by atoms with Crippen molar-refractivity contribution in [2.45, 2.75) is 37.5 Å². The van der Waals surface area contributed by atoms with Crippen molar-refractivity contribution >= 4 is 11.8 Å². The molecule has 0 radical (unpaired) electrons. The lowest BCUT2D eigenvalue weighted by molar-refractivity contribution is 0.299. The highest BCUT2D eigenvalue weighted by Gasteiger charge is 2.35. The number of thioether (sulfide) groups is 1. The lowest BCUT2D eigenvalue weighted by Crippen LogP contribution is -2.25. The second-order valence-electron chi connectivity index (χ2n) is 6.59. The van der Waals surface area contributed by atoms with Crippen LogP contribution in [0.2, 0.25) is 0 Å². The number of benzene rings is 2. The molecule has 1 nitrogen and oxygen atoms in total. The molecule has 1 N–H and O–H groups in total. The fourth-order valence-electron chi connectivity index (χ4n) is 3.60. The first kappa shape index (κ1) is 16.6. The molecule has 1 aliphatic rings. The third-order valence-electron chi connectivity index (χ3n) is 5.03. The van der Waals surface area contributed by atoms with Gasteiger partial charge in [-0.2, -0.15) is 11.8 Å². The molecule has 1 unspecified atom stereocenters. The average molecular weight is 327 g/mol. The van der Waals surface area contributed by atoms with Gasteiger partial charge in [0, 0.05) is 17.8 Å². The summed E-state index contributed by atoms with van der Waals surface area (Å²) in [5.74, 6) is 2.57. The Morgan fingerprint density at radius 2 is 1.61 bits per heavy atom. The molecular weight excluding hydrogens is 300 g/mol. The van der Waals surface area contributed by atoms with E-state index in [4.69, 9.17) is 5.11 Å². The van der Waals surface area contributed by atoms with Gasteiger partial charge in [0.25, 0.3) is 0 Å². The van der Waals surface area contributed by atoms with Crippen molar-refractivity contribution in [3.05, 3.63) is 71.3 Å². The maximum absolute atomic E-state index is 8.99. The lowest BCUT2D eigenvalue weighted by Gasteiger charge is -2.29. The van der Waals surface area contributed by atoms with Crippen LogP contribution in [-0.4, -0.2) is 23.2 Å². The van der Waals surface area contributed by atoms with Gasteiger partial charge in [0.05, 0.1) is 0 Å². The van der Waals surface area contributed by atoms with Crippen LogP contribution >= 0.6 is 11.8 Å². The maximum Gasteiger partial charge on any atom is 0.0471 e. The van der Waals surface area contributed by atoms with Crippen LogP contribution in [0.5, 0.6) is 0 Å². The first-order valence-corrected chi connectivity index (χ1v) is 9.80. The third-order valence-corrected chi connectivity index (χ3v) is 6.28. The van der Waals surface area contributed by atoms with Crippen LogP contribution < -0.4 is 0 Å². The summed E-state index contributed by atoms with van der Waals surface area (Å²) in [7, 11) is 0. The second kappa shape index (κ2) is 8.03. The van der Waals surface area contributed by atoms with Gasteiger partial charge in [-0.25, -0.2) is 0 Å². The van der Waals surface area contributed by atoms with Gasteiger partial charge in [0.15, 0.2) is 0 Å². The van der Waals surface area contributed by atoms with Crippen LogP contribution in [0.1, 0.15) is 36.0 Å². The molecular formula is C21H26OS. The largest absolute Gasteiger partial charge is 0.396 e.